The van der Waals surface area contributed by atoms with Crippen LogP contribution in [0.5, 0.6) is 11.5 Å². The average Bonchev–Trinajstić information content (AvgIpc) is 3.03. The molecule has 28 heavy (non-hydrogen) atoms. The van der Waals surface area contributed by atoms with Gasteiger partial charge in [0.15, 0.2) is 0 Å². The maximum atomic E-state index is 13.0. The minimum Gasteiger partial charge on any atom is -0.497 e. The van der Waals surface area contributed by atoms with Crippen molar-refractivity contribution in [2.75, 3.05) is 30.6 Å². The molecular formula is C22H26N2O4. The maximum absolute atomic E-state index is 13.0. The lowest BCUT2D eigenvalue weighted by Crippen LogP contribution is -2.39. The van der Waals surface area contributed by atoms with Crippen LogP contribution in [-0.2, 0) is 16.0 Å². The predicted octanol–water partition coefficient (Wildman–Crippen LogP) is 3.42. The third kappa shape index (κ3) is 3.81. The van der Waals surface area contributed by atoms with E-state index in [4.69, 9.17) is 9.47 Å². The van der Waals surface area contributed by atoms with Crippen molar-refractivity contribution in [3.8, 4) is 11.5 Å². The van der Waals surface area contributed by atoms with Crippen LogP contribution in [0.25, 0.3) is 0 Å². The normalized spacial score (nSPS) is 15.1. The Hall–Kier alpha value is -3.02. The molecule has 3 rings (SSSR count). The van der Waals surface area contributed by atoms with E-state index in [0.29, 0.717) is 17.2 Å². The highest BCUT2D eigenvalue weighted by molar-refractivity contribution is 5.98. The van der Waals surface area contributed by atoms with Gasteiger partial charge in [-0.05, 0) is 37.1 Å². The molecule has 2 amide bonds. The van der Waals surface area contributed by atoms with Crippen LogP contribution in [0.15, 0.2) is 42.5 Å². The second kappa shape index (κ2) is 8.33. The van der Waals surface area contributed by atoms with E-state index >= 15 is 0 Å². The summed E-state index contributed by atoms with van der Waals surface area (Å²) in [6.07, 6.45) is 1.08. The van der Waals surface area contributed by atoms with Crippen LogP contribution < -0.4 is 19.3 Å². The number of ether oxygens (including phenoxy) is 2. The average molecular weight is 382 g/mol. The first-order valence-corrected chi connectivity index (χ1v) is 9.36. The standard InChI is InChI=1S/C22H26N2O4/c1-15-13-17-7-5-6-8-19(17)24(15)22(26)11-12-23(16(2)25)20-10-9-18(27-3)14-21(20)28-4/h5-10,14-15H,11-13H2,1-4H3. The minimum atomic E-state index is -0.147. The molecule has 1 aliphatic rings. The summed E-state index contributed by atoms with van der Waals surface area (Å²) in [6.45, 7) is 3.82. The van der Waals surface area contributed by atoms with Crippen molar-refractivity contribution in [2.24, 2.45) is 0 Å². The number of para-hydroxylation sites is 1. The molecule has 2 aromatic rings. The molecule has 6 heteroatoms. The number of benzene rings is 2. The van der Waals surface area contributed by atoms with E-state index in [0.717, 1.165) is 12.1 Å². The summed E-state index contributed by atoms with van der Waals surface area (Å²) in [4.78, 5) is 28.7. The summed E-state index contributed by atoms with van der Waals surface area (Å²) in [5, 5.41) is 0. The first-order valence-electron chi connectivity index (χ1n) is 9.36. The number of rotatable bonds is 6. The number of fused-ring (bicyclic) bond motifs is 1. The molecule has 0 saturated heterocycles. The van der Waals surface area contributed by atoms with E-state index in [1.807, 2.05) is 30.0 Å². The second-order valence-electron chi connectivity index (χ2n) is 6.90. The molecule has 1 atom stereocenters. The van der Waals surface area contributed by atoms with Gasteiger partial charge in [-0.3, -0.25) is 9.59 Å². The monoisotopic (exact) mass is 382 g/mol. The lowest BCUT2D eigenvalue weighted by atomic mass is 10.1. The van der Waals surface area contributed by atoms with Crippen molar-refractivity contribution in [1.29, 1.82) is 0 Å². The smallest absolute Gasteiger partial charge is 0.229 e. The molecule has 0 saturated carbocycles. The highest BCUT2D eigenvalue weighted by Gasteiger charge is 2.30. The molecule has 0 N–H and O–H groups in total. The van der Waals surface area contributed by atoms with E-state index in [1.54, 1.807) is 37.3 Å². The Morgan fingerprint density at radius 2 is 1.89 bits per heavy atom. The Kier molecular flexibility index (Phi) is 5.87. The van der Waals surface area contributed by atoms with E-state index in [1.165, 1.54) is 12.5 Å². The van der Waals surface area contributed by atoms with Crippen LogP contribution in [0.3, 0.4) is 0 Å². The molecule has 0 bridgehead atoms. The molecule has 0 radical (unpaired) electrons. The molecule has 0 spiro atoms. The van der Waals surface area contributed by atoms with Gasteiger partial charge in [0, 0.05) is 37.7 Å². The lowest BCUT2D eigenvalue weighted by molar-refractivity contribution is -0.119. The van der Waals surface area contributed by atoms with Crippen LogP contribution in [-0.4, -0.2) is 38.6 Å². The van der Waals surface area contributed by atoms with Crippen LogP contribution in [0.1, 0.15) is 25.8 Å². The van der Waals surface area contributed by atoms with E-state index in [9.17, 15) is 9.59 Å². The fourth-order valence-corrected chi connectivity index (χ4v) is 3.73. The Bertz CT molecular complexity index is 881. The summed E-state index contributed by atoms with van der Waals surface area (Å²) in [7, 11) is 3.12. The molecule has 0 fully saturated rings. The highest BCUT2D eigenvalue weighted by atomic mass is 16.5. The Morgan fingerprint density at radius 3 is 2.57 bits per heavy atom. The van der Waals surface area contributed by atoms with E-state index in [2.05, 4.69) is 6.07 Å². The van der Waals surface area contributed by atoms with Crippen molar-refractivity contribution in [3.05, 3.63) is 48.0 Å². The Labute approximate surface area is 165 Å². The van der Waals surface area contributed by atoms with Gasteiger partial charge in [-0.15, -0.1) is 0 Å². The first kappa shape index (κ1) is 19.7. The molecule has 0 aromatic heterocycles. The zero-order valence-electron chi connectivity index (χ0n) is 16.8. The fourth-order valence-electron chi connectivity index (χ4n) is 3.73. The van der Waals surface area contributed by atoms with E-state index < -0.39 is 0 Å². The number of methoxy groups -OCH3 is 2. The third-order valence-electron chi connectivity index (χ3n) is 5.08. The summed E-state index contributed by atoms with van der Waals surface area (Å²) in [6, 6.07) is 13.4. The zero-order chi connectivity index (χ0) is 20.3. The molecular weight excluding hydrogens is 356 g/mol. The number of nitrogens with zero attached hydrogens (tertiary/aromatic N) is 2. The number of carbonyl (C=O) groups is 2. The van der Waals surface area contributed by atoms with Crippen molar-refractivity contribution in [2.45, 2.75) is 32.7 Å². The van der Waals surface area contributed by atoms with Gasteiger partial charge in [0.25, 0.3) is 0 Å². The fraction of sp³-hybridized carbons (Fsp3) is 0.364. The first-order chi connectivity index (χ1) is 13.5. The SMILES string of the molecule is COc1ccc(N(CCC(=O)N2c3ccccc3CC2C)C(C)=O)c(OC)c1. The second-order valence-corrected chi connectivity index (χ2v) is 6.90. The molecule has 1 aliphatic heterocycles. The quantitative estimate of drug-likeness (QED) is 0.768. The molecule has 148 valence electrons. The summed E-state index contributed by atoms with van der Waals surface area (Å²) < 4.78 is 10.6. The number of carbonyl (C=O) groups excluding carboxylic acids is 2. The topological polar surface area (TPSA) is 59.1 Å². The Morgan fingerprint density at radius 1 is 1.14 bits per heavy atom. The van der Waals surface area contributed by atoms with Gasteiger partial charge < -0.3 is 19.3 Å². The van der Waals surface area contributed by atoms with Gasteiger partial charge in [0.05, 0.1) is 19.9 Å². The van der Waals surface area contributed by atoms with Crippen LogP contribution in [0, 0.1) is 0 Å². The molecule has 6 nitrogen and oxygen atoms in total. The van der Waals surface area contributed by atoms with Gasteiger partial charge in [0.1, 0.15) is 11.5 Å². The zero-order valence-corrected chi connectivity index (χ0v) is 16.8. The summed E-state index contributed by atoms with van der Waals surface area (Å²) in [5.41, 5.74) is 2.78. The van der Waals surface area contributed by atoms with Gasteiger partial charge in [-0.25, -0.2) is 0 Å². The predicted molar refractivity (Wildman–Crippen MR) is 109 cm³/mol. The van der Waals surface area contributed by atoms with Gasteiger partial charge in [0.2, 0.25) is 11.8 Å². The largest absolute Gasteiger partial charge is 0.497 e. The molecule has 1 heterocycles. The van der Waals surface area contributed by atoms with Crippen molar-refractivity contribution in [3.63, 3.8) is 0 Å². The molecule has 0 aliphatic carbocycles. The third-order valence-corrected chi connectivity index (χ3v) is 5.08. The molecule has 1 unspecified atom stereocenters. The van der Waals surface area contributed by atoms with Gasteiger partial charge in [-0.1, -0.05) is 18.2 Å². The number of hydrogen-bond donors (Lipinski definition) is 0. The van der Waals surface area contributed by atoms with E-state index in [-0.39, 0.29) is 30.8 Å². The number of anilines is 2. The van der Waals surface area contributed by atoms with Crippen molar-refractivity contribution >= 4 is 23.2 Å². The lowest BCUT2D eigenvalue weighted by Gasteiger charge is -2.26. The van der Waals surface area contributed by atoms with Gasteiger partial charge in [-0.2, -0.15) is 0 Å². The van der Waals surface area contributed by atoms with Gasteiger partial charge >= 0.3 is 0 Å². The number of amides is 2. The molecule has 2 aromatic carbocycles. The number of hydrogen-bond acceptors (Lipinski definition) is 4. The summed E-state index contributed by atoms with van der Waals surface area (Å²) >= 11 is 0. The maximum Gasteiger partial charge on any atom is 0.229 e. The van der Waals surface area contributed by atoms with Crippen LogP contribution in [0.4, 0.5) is 11.4 Å². The van der Waals surface area contributed by atoms with Crippen molar-refractivity contribution < 1.29 is 19.1 Å². The Balaban J connectivity index is 1.78. The van der Waals surface area contributed by atoms with Crippen LogP contribution >= 0.6 is 0 Å². The summed E-state index contributed by atoms with van der Waals surface area (Å²) in [5.74, 6) is 1.03. The minimum absolute atomic E-state index is 0.0104. The highest BCUT2D eigenvalue weighted by Crippen LogP contribution is 2.34. The van der Waals surface area contributed by atoms with Crippen LogP contribution in [0.2, 0.25) is 0 Å². The van der Waals surface area contributed by atoms with Crippen molar-refractivity contribution in [1.82, 2.24) is 0 Å².